The van der Waals surface area contributed by atoms with Crippen LogP contribution in [0.25, 0.3) is 10.8 Å². The van der Waals surface area contributed by atoms with Crippen molar-refractivity contribution in [2.24, 2.45) is 0 Å². The molecular weight excluding hydrogens is 288 g/mol. The second-order valence-electron chi connectivity index (χ2n) is 4.63. The average molecular weight is 300 g/mol. The lowest BCUT2D eigenvalue weighted by molar-refractivity contribution is 0.445. The molecule has 0 saturated heterocycles. The molecule has 0 unspecified atom stereocenters. The number of aromatic hydroxyl groups is 2. The second-order valence-corrected chi connectivity index (χ2v) is 6.52. The van der Waals surface area contributed by atoms with E-state index in [0.29, 0.717) is 5.39 Å². The minimum atomic E-state index is -3.93. The van der Waals surface area contributed by atoms with Gasteiger partial charge in [-0.2, -0.15) is 0 Å². The third-order valence-electron chi connectivity index (χ3n) is 3.27. The highest BCUT2D eigenvalue weighted by Gasteiger charge is 2.24. The Morgan fingerprint density at radius 3 is 2.29 bits per heavy atom. The summed E-state index contributed by atoms with van der Waals surface area (Å²) in [4.78, 5) is -0.208. The Bertz CT molecular complexity index is 925. The number of phenols is 2. The van der Waals surface area contributed by atoms with Crippen molar-refractivity contribution < 1.29 is 18.6 Å². The van der Waals surface area contributed by atoms with Crippen LogP contribution in [0.4, 0.5) is 0 Å². The van der Waals surface area contributed by atoms with Crippen molar-refractivity contribution in [1.82, 2.24) is 0 Å². The molecule has 0 aliphatic carbocycles. The molecule has 0 spiro atoms. The highest BCUT2D eigenvalue weighted by molar-refractivity contribution is 7.91. The maximum atomic E-state index is 12.7. The molecule has 0 aliphatic heterocycles. The summed E-state index contributed by atoms with van der Waals surface area (Å²) in [6, 6.07) is 15.5. The van der Waals surface area contributed by atoms with Crippen LogP contribution in [0, 0.1) is 0 Å². The zero-order chi connectivity index (χ0) is 15.0. The number of phenolic OH excluding ortho intramolecular Hbond substituents is 2. The van der Waals surface area contributed by atoms with Crippen molar-refractivity contribution in [2.45, 2.75) is 9.79 Å². The summed E-state index contributed by atoms with van der Waals surface area (Å²) in [7, 11) is -3.93. The fourth-order valence-electron chi connectivity index (χ4n) is 2.27. The molecule has 0 atom stereocenters. The van der Waals surface area contributed by atoms with Crippen molar-refractivity contribution in [2.75, 3.05) is 0 Å². The molecule has 0 amide bonds. The fraction of sp³-hybridized carbons (Fsp3) is 0. The standard InChI is InChI=1S/C16H12O4S/c17-12-8-9-14(18)16(10-12)21(19,20)15-7-3-5-11-4-1-2-6-13(11)15/h1-10,17-18H. The van der Waals surface area contributed by atoms with E-state index in [4.69, 9.17) is 0 Å². The minimum Gasteiger partial charge on any atom is -0.508 e. The van der Waals surface area contributed by atoms with Gasteiger partial charge in [-0.25, -0.2) is 8.42 Å². The van der Waals surface area contributed by atoms with Gasteiger partial charge in [0.25, 0.3) is 0 Å². The minimum absolute atomic E-state index is 0.0986. The molecule has 106 valence electrons. The van der Waals surface area contributed by atoms with Crippen LogP contribution in [0.3, 0.4) is 0 Å². The summed E-state index contributed by atoms with van der Waals surface area (Å²) in [5.41, 5.74) is 0. The third kappa shape index (κ3) is 2.21. The van der Waals surface area contributed by atoms with E-state index in [1.54, 1.807) is 18.2 Å². The maximum absolute atomic E-state index is 12.7. The molecule has 0 saturated carbocycles. The molecule has 0 heterocycles. The second kappa shape index (κ2) is 4.79. The smallest absolute Gasteiger partial charge is 0.210 e. The molecular formula is C16H12O4S. The van der Waals surface area contributed by atoms with E-state index in [2.05, 4.69) is 0 Å². The first-order valence-corrected chi connectivity index (χ1v) is 7.73. The maximum Gasteiger partial charge on any atom is 0.210 e. The zero-order valence-corrected chi connectivity index (χ0v) is 11.7. The van der Waals surface area contributed by atoms with Gasteiger partial charge >= 0.3 is 0 Å². The molecule has 3 aromatic carbocycles. The molecule has 0 aliphatic rings. The van der Waals surface area contributed by atoms with E-state index in [0.717, 1.165) is 17.5 Å². The molecule has 5 heteroatoms. The summed E-state index contributed by atoms with van der Waals surface area (Å²) < 4.78 is 25.5. The largest absolute Gasteiger partial charge is 0.508 e. The Balaban J connectivity index is 2.33. The SMILES string of the molecule is O=S(=O)(c1cc(O)ccc1O)c1cccc2ccccc12. The average Bonchev–Trinajstić information content (AvgIpc) is 2.49. The zero-order valence-electron chi connectivity index (χ0n) is 10.9. The summed E-state index contributed by atoms with van der Waals surface area (Å²) in [5.74, 6) is -0.604. The van der Waals surface area contributed by atoms with Gasteiger partial charge in [0.05, 0.1) is 4.90 Å². The van der Waals surface area contributed by atoms with Gasteiger partial charge in [-0.1, -0.05) is 36.4 Å². The molecule has 4 nitrogen and oxygen atoms in total. The van der Waals surface area contributed by atoms with Gasteiger partial charge in [0, 0.05) is 11.5 Å². The van der Waals surface area contributed by atoms with Crippen molar-refractivity contribution in [3.05, 3.63) is 60.7 Å². The first kappa shape index (κ1) is 13.5. The number of sulfone groups is 1. The lowest BCUT2D eigenvalue weighted by Gasteiger charge is -2.10. The predicted molar refractivity (Wildman–Crippen MR) is 79.2 cm³/mol. The molecule has 0 radical (unpaired) electrons. The number of rotatable bonds is 2. The van der Waals surface area contributed by atoms with Gasteiger partial charge in [0.2, 0.25) is 9.84 Å². The number of fused-ring (bicyclic) bond motifs is 1. The molecule has 0 fully saturated rings. The third-order valence-corrected chi connectivity index (χ3v) is 5.11. The van der Waals surface area contributed by atoms with E-state index in [9.17, 15) is 18.6 Å². The quantitative estimate of drug-likeness (QED) is 0.713. The normalized spacial score (nSPS) is 11.6. The highest BCUT2D eigenvalue weighted by Crippen LogP contribution is 2.34. The lowest BCUT2D eigenvalue weighted by Crippen LogP contribution is -2.03. The van der Waals surface area contributed by atoms with E-state index in [1.165, 1.54) is 12.1 Å². The predicted octanol–water partition coefficient (Wildman–Crippen LogP) is 3.08. The van der Waals surface area contributed by atoms with Crippen LogP contribution in [-0.4, -0.2) is 18.6 Å². The van der Waals surface area contributed by atoms with Gasteiger partial charge in [-0.3, -0.25) is 0 Å². The van der Waals surface area contributed by atoms with E-state index in [-0.39, 0.29) is 21.3 Å². The van der Waals surface area contributed by atoms with E-state index >= 15 is 0 Å². The van der Waals surface area contributed by atoms with Crippen molar-refractivity contribution in [3.63, 3.8) is 0 Å². The van der Waals surface area contributed by atoms with Crippen LogP contribution in [0.1, 0.15) is 0 Å². The van der Waals surface area contributed by atoms with Crippen molar-refractivity contribution >= 4 is 20.6 Å². The van der Waals surface area contributed by atoms with Crippen molar-refractivity contribution in [3.8, 4) is 11.5 Å². The van der Waals surface area contributed by atoms with Gasteiger partial charge in [-0.05, 0) is 23.6 Å². The summed E-state index contributed by atoms with van der Waals surface area (Å²) in [5, 5.41) is 20.7. The summed E-state index contributed by atoms with van der Waals surface area (Å²) in [6.45, 7) is 0. The van der Waals surface area contributed by atoms with Gasteiger partial charge in [0.15, 0.2) is 0 Å². The van der Waals surface area contributed by atoms with E-state index < -0.39 is 9.84 Å². The summed E-state index contributed by atoms with van der Waals surface area (Å²) >= 11 is 0. The first-order chi connectivity index (χ1) is 10.00. The van der Waals surface area contributed by atoms with Crippen LogP contribution in [0.2, 0.25) is 0 Å². The Kier molecular flexibility index (Phi) is 3.07. The van der Waals surface area contributed by atoms with Gasteiger partial charge < -0.3 is 10.2 Å². The summed E-state index contributed by atoms with van der Waals surface area (Å²) in [6.07, 6.45) is 0. The van der Waals surface area contributed by atoms with Gasteiger partial charge in [-0.15, -0.1) is 0 Å². The van der Waals surface area contributed by atoms with Crippen LogP contribution in [0.15, 0.2) is 70.5 Å². The highest BCUT2D eigenvalue weighted by atomic mass is 32.2. The molecule has 0 aromatic heterocycles. The molecule has 3 aromatic rings. The monoisotopic (exact) mass is 300 g/mol. The Morgan fingerprint density at radius 2 is 1.48 bits per heavy atom. The lowest BCUT2D eigenvalue weighted by atomic mass is 10.1. The molecule has 0 bridgehead atoms. The molecule has 3 rings (SSSR count). The van der Waals surface area contributed by atoms with Crippen LogP contribution < -0.4 is 0 Å². The Labute approximate surface area is 121 Å². The Morgan fingerprint density at radius 1 is 0.762 bits per heavy atom. The number of hydrogen-bond donors (Lipinski definition) is 2. The Hall–Kier alpha value is -2.53. The number of benzene rings is 3. The van der Waals surface area contributed by atoms with Crippen molar-refractivity contribution in [1.29, 1.82) is 0 Å². The topological polar surface area (TPSA) is 74.6 Å². The molecule has 21 heavy (non-hydrogen) atoms. The number of hydrogen-bond acceptors (Lipinski definition) is 4. The van der Waals surface area contributed by atoms with Gasteiger partial charge in [0.1, 0.15) is 16.4 Å². The van der Waals surface area contributed by atoms with Crippen LogP contribution in [-0.2, 0) is 9.84 Å². The first-order valence-electron chi connectivity index (χ1n) is 6.25. The van der Waals surface area contributed by atoms with Crippen LogP contribution in [0.5, 0.6) is 11.5 Å². The molecule has 2 N–H and O–H groups in total. The van der Waals surface area contributed by atoms with E-state index in [1.807, 2.05) is 18.2 Å². The fourth-order valence-corrected chi connectivity index (χ4v) is 3.86. The van der Waals surface area contributed by atoms with Crippen LogP contribution >= 0.6 is 0 Å².